The number of unbranched alkanes of at least 4 members (excludes halogenated alkanes) is 28. The van der Waals surface area contributed by atoms with Crippen molar-refractivity contribution >= 4 is 5.91 Å². The lowest BCUT2D eigenvalue weighted by Crippen LogP contribution is -2.66. The summed E-state index contributed by atoms with van der Waals surface area (Å²) in [5.41, 5.74) is 0. The molecule has 17 atom stereocenters. The predicted octanol–water partition coefficient (Wildman–Crippen LogP) is 8.77. The standard InChI is InChI=1S/C69H123NO18/c1-3-5-7-9-10-11-12-13-14-15-16-17-18-19-20-21-22-23-24-25-26-27-28-29-30-31-32-33-34-35-36-37-38-39-40-41-42-43-45-47-57(75)70-52(53(74)46-44-8-6-4-2)51-83-67-63(81)60(78)65(55(49-72)85-67)88-69-64(82)61(79)66(56(50-73)86-69)87-68-62(80)59(77)58(76)54(48-71)84-68/h5,7,10-11,13-14,16-17,44,46,52-56,58-69,71-74,76-82H,3-4,6,8-9,12,15,18-43,45,47-51H2,1-2H3,(H,70,75)/b7-5-,11-10-,14-13-,17-16-,46-44+. The molecule has 19 nitrogen and oxygen atoms in total. The Kier molecular flexibility index (Phi) is 46.2. The van der Waals surface area contributed by atoms with Crippen LogP contribution in [0.25, 0.3) is 0 Å². The van der Waals surface area contributed by atoms with Gasteiger partial charge in [-0.25, -0.2) is 0 Å². The molecule has 3 aliphatic heterocycles. The first-order valence-corrected chi connectivity index (χ1v) is 34.5. The molecule has 3 rings (SSSR count). The van der Waals surface area contributed by atoms with Gasteiger partial charge in [0.15, 0.2) is 18.9 Å². The maximum atomic E-state index is 13.2. The number of aliphatic hydroxyl groups excluding tert-OH is 11. The molecule has 1 amide bonds. The number of hydrogen-bond acceptors (Lipinski definition) is 18. The molecule has 0 aromatic rings. The van der Waals surface area contributed by atoms with Crippen LogP contribution in [-0.2, 0) is 33.2 Å². The van der Waals surface area contributed by atoms with E-state index in [9.17, 15) is 61.0 Å². The molecule has 88 heavy (non-hydrogen) atoms. The van der Waals surface area contributed by atoms with Gasteiger partial charge in [-0.15, -0.1) is 0 Å². The summed E-state index contributed by atoms with van der Waals surface area (Å²) in [6.45, 7) is 1.44. The van der Waals surface area contributed by atoms with E-state index in [0.717, 1.165) is 57.8 Å². The van der Waals surface area contributed by atoms with Crippen LogP contribution in [0.3, 0.4) is 0 Å². The molecule has 3 aliphatic rings. The van der Waals surface area contributed by atoms with Gasteiger partial charge in [-0.3, -0.25) is 4.79 Å². The maximum Gasteiger partial charge on any atom is 0.220 e. The predicted molar refractivity (Wildman–Crippen MR) is 342 cm³/mol. The van der Waals surface area contributed by atoms with Gasteiger partial charge in [0.1, 0.15) is 73.2 Å². The fourth-order valence-corrected chi connectivity index (χ4v) is 11.5. The fourth-order valence-electron chi connectivity index (χ4n) is 11.5. The molecule has 0 saturated carbocycles. The van der Waals surface area contributed by atoms with Crippen molar-refractivity contribution in [3.63, 3.8) is 0 Å². The Balaban J connectivity index is 1.20. The fraction of sp³-hybridized carbons (Fsp3) is 0.841. The Hall–Kier alpha value is -2.51. The van der Waals surface area contributed by atoms with Crippen LogP contribution >= 0.6 is 0 Å². The van der Waals surface area contributed by atoms with Crippen LogP contribution in [0.2, 0.25) is 0 Å². The largest absolute Gasteiger partial charge is 0.394 e. The van der Waals surface area contributed by atoms with Gasteiger partial charge >= 0.3 is 0 Å². The van der Waals surface area contributed by atoms with Crippen LogP contribution in [0.4, 0.5) is 0 Å². The zero-order chi connectivity index (χ0) is 64.0. The van der Waals surface area contributed by atoms with Crippen molar-refractivity contribution in [3.8, 4) is 0 Å². The van der Waals surface area contributed by atoms with Crippen molar-refractivity contribution in [1.29, 1.82) is 0 Å². The van der Waals surface area contributed by atoms with Gasteiger partial charge in [0.05, 0.1) is 38.6 Å². The van der Waals surface area contributed by atoms with Crippen LogP contribution in [-0.4, -0.2) is 193 Å². The Morgan fingerprint density at radius 2 is 0.784 bits per heavy atom. The van der Waals surface area contributed by atoms with Gasteiger partial charge in [-0.05, 0) is 51.4 Å². The topological polar surface area (TPSA) is 307 Å². The summed E-state index contributed by atoms with van der Waals surface area (Å²) in [4.78, 5) is 13.2. The van der Waals surface area contributed by atoms with E-state index in [-0.39, 0.29) is 18.9 Å². The highest BCUT2D eigenvalue weighted by molar-refractivity contribution is 5.76. The number of allylic oxidation sites excluding steroid dienone is 9. The first-order valence-electron chi connectivity index (χ1n) is 34.5. The molecule has 0 bridgehead atoms. The molecule has 0 aromatic heterocycles. The van der Waals surface area contributed by atoms with Gasteiger partial charge in [-0.2, -0.15) is 0 Å². The third kappa shape index (κ3) is 32.9. The van der Waals surface area contributed by atoms with E-state index in [1.807, 2.05) is 13.0 Å². The van der Waals surface area contributed by atoms with E-state index in [2.05, 4.69) is 60.8 Å². The average Bonchev–Trinajstić information content (AvgIpc) is 1.13. The van der Waals surface area contributed by atoms with Crippen molar-refractivity contribution in [3.05, 3.63) is 60.8 Å². The van der Waals surface area contributed by atoms with Crippen LogP contribution in [0, 0.1) is 0 Å². The third-order valence-corrected chi connectivity index (χ3v) is 17.1. The zero-order valence-corrected chi connectivity index (χ0v) is 53.9. The first kappa shape index (κ1) is 79.7. The van der Waals surface area contributed by atoms with Gasteiger partial charge in [-0.1, -0.05) is 242 Å². The molecular formula is C69H123NO18. The van der Waals surface area contributed by atoms with E-state index in [4.69, 9.17) is 28.4 Å². The number of hydrogen-bond donors (Lipinski definition) is 12. The van der Waals surface area contributed by atoms with E-state index in [1.165, 1.54) is 148 Å². The summed E-state index contributed by atoms with van der Waals surface area (Å²) in [6, 6.07) is -0.967. The van der Waals surface area contributed by atoms with Crippen molar-refractivity contribution in [2.75, 3.05) is 26.4 Å². The van der Waals surface area contributed by atoms with E-state index in [1.54, 1.807) is 6.08 Å². The Morgan fingerprint density at radius 3 is 1.22 bits per heavy atom. The Bertz CT molecular complexity index is 1830. The smallest absolute Gasteiger partial charge is 0.220 e. The summed E-state index contributed by atoms with van der Waals surface area (Å²) in [5, 5.41) is 119. The summed E-state index contributed by atoms with van der Waals surface area (Å²) < 4.78 is 34.1. The number of carbonyl (C=O) groups excluding carboxylic acids is 1. The summed E-state index contributed by atoms with van der Waals surface area (Å²) in [6.07, 6.45) is 36.4. The second-order valence-electron chi connectivity index (χ2n) is 24.6. The van der Waals surface area contributed by atoms with Gasteiger partial charge < -0.3 is 89.9 Å². The molecule has 0 aliphatic carbocycles. The van der Waals surface area contributed by atoms with E-state index < -0.39 is 124 Å². The number of carbonyl (C=O) groups is 1. The quantitative estimate of drug-likeness (QED) is 0.0200. The molecule has 3 fully saturated rings. The molecule has 3 saturated heterocycles. The van der Waals surface area contributed by atoms with Gasteiger partial charge in [0, 0.05) is 6.42 Å². The van der Waals surface area contributed by atoms with Crippen molar-refractivity contribution in [2.24, 2.45) is 0 Å². The van der Waals surface area contributed by atoms with Gasteiger partial charge in [0.25, 0.3) is 0 Å². The monoisotopic (exact) mass is 1250 g/mol. The molecule has 0 aromatic carbocycles. The number of rotatable bonds is 52. The third-order valence-electron chi connectivity index (χ3n) is 17.1. The van der Waals surface area contributed by atoms with E-state index in [0.29, 0.717) is 12.8 Å². The van der Waals surface area contributed by atoms with Crippen LogP contribution in [0.1, 0.15) is 239 Å². The molecule has 12 N–H and O–H groups in total. The van der Waals surface area contributed by atoms with Crippen molar-refractivity contribution < 1.29 is 89.4 Å². The van der Waals surface area contributed by atoms with Gasteiger partial charge in [0.2, 0.25) is 5.91 Å². The van der Waals surface area contributed by atoms with Crippen LogP contribution < -0.4 is 5.32 Å². The Labute approximate surface area is 528 Å². The van der Waals surface area contributed by atoms with Crippen LogP contribution in [0.15, 0.2) is 60.8 Å². The second kappa shape index (κ2) is 51.0. The van der Waals surface area contributed by atoms with Crippen molar-refractivity contribution in [2.45, 2.75) is 343 Å². The molecule has 3 heterocycles. The van der Waals surface area contributed by atoms with Crippen LogP contribution in [0.5, 0.6) is 0 Å². The minimum absolute atomic E-state index is 0.243. The highest BCUT2D eigenvalue weighted by Crippen LogP contribution is 2.33. The summed E-state index contributed by atoms with van der Waals surface area (Å²) in [5.74, 6) is -0.283. The average molecular weight is 1250 g/mol. The number of ether oxygens (including phenoxy) is 6. The van der Waals surface area contributed by atoms with E-state index >= 15 is 0 Å². The lowest BCUT2D eigenvalue weighted by molar-refractivity contribution is -0.379. The lowest BCUT2D eigenvalue weighted by atomic mass is 9.96. The van der Waals surface area contributed by atoms with Crippen molar-refractivity contribution in [1.82, 2.24) is 5.32 Å². The molecule has 512 valence electrons. The lowest BCUT2D eigenvalue weighted by Gasteiger charge is -2.48. The minimum atomic E-state index is -1.98. The highest BCUT2D eigenvalue weighted by Gasteiger charge is 2.53. The minimum Gasteiger partial charge on any atom is -0.394 e. The summed E-state index contributed by atoms with van der Waals surface area (Å²) >= 11 is 0. The number of nitrogens with one attached hydrogen (secondary N) is 1. The SMILES string of the molecule is CC/C=C\C/C=C\C/C=C\C/C=C\CCCCCCCCCCCCCCCCCCCCCCCCCCCCC(=O)NC(COC1OC(CO)C(OC2OC(CO)C(OC3OC(CO)C(O)C(O)C3O)C(O)C2O)C(O)C1O)C(O)/C=C/CCCC. The maximum absolute atomic E-state index is 13.2. The first-order chi connectivity index (χ1) is 42.8. The molecule has 0 radical (unpaired) electrons. The molecule has 0 spiro atoms. The zero-order valence-electron chi connectivity index (χ0n) is 53.9. The summed E-state index contributed by atoms with van der Waals surface area (Å²) in [7, 11) is 0. The normalized spacial score (nSPS) is 28.8. The number of aliphatic hydroxyl groups is 11. The Morgan fingerprint density at radius 1 is 0.420 bits per heavy atom. The second-order valence-corrected chi connectivity index (χ2v) is 24.6. The molecular weight excluding hydrogens is 1130 g/mol. The molecule has 17 unspecified atom stereocenters. The number of amides is 1. The highest BCUT2D eigenvalue weighted by atomic mass is 16.8. The molecule has 19 heteroatoms.